The minimum absolute atomic E-state index is 0.0879. The number of hydrogen-bond donors (Lipinski definition) is 0. The van der Waals surface area contributed by atoms with Gasteiger partial charge in [-0.2, -0.15) is 0 Å². The predicted octanol–water partition coefficient (Wildman–Crippen LogP) is 4.14. The van der Waals surface area contributed by atoms with Crippen LogP contribution in [0.3, 0.4) is 0 Å². The highest BCUT2D eigenvalue weighted by Gasteiger charge is 2.30. The summed E-state index contributed by atoms with van der Waals surface area (Å²) in [6, 6.07) is 5.99. The Hall–Kier alpha value is -2.47. The molecule has 2 aliphatic heterocycles. The van der Waals surface area contributed by atoms with Crippen LogP contribution in [0.4, 0.5) is 0 Å². The first-order valence-electron chi connectivity index (χ1n) is 10.4. The highest BCUT2D eigenvalue weighted by atomic mass is 35.5. The summed E-state index contributed by atoms with van der Waals surface area (Å²) in [7, 11) is 0. The zero-order valence-corrected chi connectivity index (χ0v) is 17.3. The van der Waals surface area contributed by atoms with Crippen LogP contribution in [0.15, 0.2) is 24.4 Å². The SMILES string of the molecule is Cc1nc(C(=O)N2CCC(c3ccc4cc(Cl)cnc4n3)CC2)c2n1CCCC2. The molecule has 7 heteroatoms. The molecule has 6 nitrogen and oxygen atoms in total. The Balaban J connectivity index is 1.30. The number of fused-ring (bicyclic) bond motifs is 2. The van der Waals surface area contributed by atoms with Gasteiger partial charge in [-0.25, -0.2) is 15.0 Å². The lowest BCUT2D eigenvalue weighted by molar-refractivity contribution is 0.0705. The number of pyridine rings is 2. The van der Waals surface area contributed by atoms with Gasteiger partial charge in [0.05, 0.1) is 10.7 Å². The van der Waals surface area contributed by atoms with E-state index >= 15 is 0 Å². The van der Waals surface area contributed by atoms with E-state index in [1.807, 2.05) is 24.0 Å². The van der Waals surface area contributed by atoms with Crippen LogP contribution in [-0.2, 0) is 13.0 Å². The lowest BCUT2D eigenvalue weighted by Gasteiger charge is -2.31. The maximum absolute atomic E-state index is 13.1. The van der Waals surface area contributed by atoms with E-state index in [1.165, 1.54) is 6.42 Å². The molecule has 0 aliphatic carbocycles. The first-order valence-corrected chi connectivity index (χ1v) is 10.8. The fraction of sp³-hybridized carbons (Fsp3) is 0.455. The number of amides is 1. The number of nitrogens with zero attached hydrogens (tertiary/aromatic N) is 5. The molecule has 5 rings (SSSR count). The Morgan fingerprint density at radius 3 is 2.79 bits per heavy atom. The maximum Gasteiger partial charge on any atom is 0.274 e. The van der Waals surface area contributed by atoms with Crippen LogP contribution in [0.5, 0.6) is 0 Å². The Labute approximate surface area is 174 Å². The van der Waals surface area contributed by atoms with E-state index < -0.39 is 0 Å². The van der Waals surface area contributed by atoms with Crippen molar-refractivity contribution in [2.24, 2.45) is 0 Å². The average Bonchev–Trinajstić information content (AvgIpc) is 3.10. The number of carbonyl (C=O) groups excluding carboxylic acids is 1. The predicted molar refractivity (Wildman–Crippen MR) is 112 cm³/mol. The summed E-state index contributed by atoms with van der Waals surface area (Å²) in [5.41, 5.74) is 3.58. The lowest BCUT2D eigenvalue weighted by atomic mass is 9.92. The third-order valence-corrected chi connectivity index (χ3v) is 6.45. The standard InChI is InChI=1S/C22H24ClN5O/c1-14-25-20(19-4-2-3-9-28(14)19)22(29)27-10-7-15(8-11-27)18-6-5-16-12-17(23)13-24-21(16)26-18/h5-6,12-13,15H,2-4,7-11H2,1H3. The number of carbonyl (C=O) groups is 1. The van der Waals surface area contributed by atoms with E-state index in [0.29, 0.717) is 16.6 Å². The Morgan fingerprint density at radius 1 is 1.14 bits per heavy atom. The van der Waals surface area contributed by atoms with Crippen molar-refractivity contribution in [2.75, 3.05) is 13.1 Å². The summed E-state index contributed by atoms with van der Waals surface area (Å²) in [4.78, 5) is 28.8. The van der Waals surface area contributed by atoms with Crippen molar-refractivity contribution in [3.63, 3.8) is 0 Å². The number of rotatable bonds is 2. The zero-order chi connectivity index (χ0) is 20.0. The molecule has 0 unspecified atom stereocenters. The Bertz CT molecular complexity index is 1080. The number of hydrogen-bond acceptors (Lipinski definition) is 4. The van der Waals surface area contributed by atoms with Crippen molar-refractivity contribution < 1.29 is 4.79 Å². The van der Waals surface area contributed by atoms with Crippen LogP contribution in [0.1, 0.15) is 59.3 Å². The molecule has 3 aromatic rings. The van der Waals surface area contributed by atoms with Crippen molar-refractivity contribution in [2.45, 2.75) is 51.5 Å². The minimum atomic E-state index is 0.0879. The molecule has 29 heavy (non-hydrogen) atoms. The zero-order valence-electron chi connectivity index (χ0n) is 16.6. The number of piperidine rings is 1. The highest BCUT2D eigenvalue weighted by Crippen LogP contribution is 2.30. The molecule has 1 saturated heterocycles. The monoisotopic (exact) mass is 409 g/mol. The van der Waals surface area contributed by atoms with Crippen LogP contribution in [0, 0.1) is 6.92 Å². The van der Waals surface area contributed by atoms with Gasteiger partial charge in [0, 0.05) is 42.8 Å². The quantitative estimate of drug-likeness (QED) is 0.638. The molecule has 3 aromatic heterocycles. The fourth-order valence-corrected chi connectivity index (χ4v) is 4.81. The van der Waals surface area contributed by atoms with E-state index in [0.717, 1.165) is 73.6 Å². The number of aryl methyl sites for hydroxylation is 1. The fourth-order valence-electron chi connectivity index (χ4n) is 4.65. The van der Waals surface area contributed by atoms with E-state index in [-0.39, 0.29) is 5.91 Å². The molecule has 150 valence electrons. The third-order valence-electron chi connectivity index (χ3n) is 6.24. The van der Waals surface area contributed by atoms with Crippen LogP contribution in [0.25, 0.3) is 11.0 Å². The van der Waals surface area contributed by atoms with Gasteiger partial charge in [0.1, 0.15) is 11.5 Å². The molecule has 0 spiro atoms. The molecular formula is C22H24ClN5O. The molecule has 0 aromatic carbocycles. The molecule has 0 bridgehead atoms. The van der Waals surface area contributed by atoms with Crippen molar-refractivity contribution in [3.05, 3.63) is 52.3 Å². The van der Waals surface area contributed by atoms with Crippen LogP contribution in [0.2, 0.25) is 5.02 Å². The summed E-state index contributed by atoms with van der Waals surface area (Å²) in [6.45, 7) is 4.46. The Morgan fingerprint density at radius 2 is 1.97 bits per heavy atom. The molecular weight excluding hydrogens is 386 g/mol. The van der Waals surface area contributed by atoms with E-state index in [1.54, 1.807) is 6.20 Å². The van der Waals surface area contributed by atoms with Gasteiger partial charge in [-0.1, -0.05) is 11.6 Å². The van der Waals surface area contributed by atoms with Gasteiger partial charge < -0.3 is 9.47 Å². The number of aromatic nitrogens is 4. The van der Waals surface area contributed by atoms with E-state index in [4.69, 9.17) is 16.6 Å². The number of halogens is 1. The third kappa shape index (κ3) is 3.39. The molecule has 0 radical (unpaired) electrons. The lowest BCUT2D eigenvalue weighted by Crippen LogP contribution is -2.38. The highest BCUT2D eigenvalue weighted by molar-refractivity contribution is 6.31. The van der Waals surface area contributed by atoms with Crippen molar-refractivity contribution >= 4 is 28.5 Å². The maximum atomic E-state index is 13.1. The number of imidazole rings is 1. The number of likely N-dealkylation sites (tertiary alicyclic amines) is 1. The summed E-state index contributed by atoms with van der Waals surface area (Å²) in [5, 5.41) is 1.57. The first-order chi connectivity index (χ1) is 14.1. The second-order valence-electron chi connectivity index (χ2n) is 8.07. The summed E-state index contributed by atoms with van der Waals surface area (Å²) >= 11 is 6.01. The largest absolute Gasteiger partial charge is 0.337 e. The molecule has 0 saturated carbocycles. The van der Waals surface area contributed by atoms with Gasteiger partial charge in [-0.05, 0) is 57.2 Å². The van der Waals surface area contributed by atoms with Gasteiger partial charge in [0.25, 0.3) is 5.91 Å². The van der Waals surface area contributed by atoms with E-state index in [2.05, 4.69) is 20.6 Å². The van der Waals surface area contributed by atoms with Gasteiger partial charge >= 0.3 is 0 Å². The molecule has 0 atom stereocenters. The van der Waals surface area contributed by atoms with Crippen LogP contribution < -0.4 is 0 Å². The van der Waals surface area contributed by atoms with Crippen molar-refractivity contribution in [3.8, 4) is 0 Å². The second kappa shape index (κ2) is 7.41. The van der Waals surface area contributed by atoms with Crippen LogP contribution in [-0.4, -0.2) is 43.4 Å². The molecule has 2 aliphatic rings. The molecule has 1 fully saturated rings. The molecule has 1 amide bonds. The normalized spacial score (nSPS) is 17.5. The summed E-state index contributed by atoms with van der Waals surface area (Å²) < 4.78 is 2.22. The van der Waals surface area contributed by atoms with Gasteiger partial charge in [0.15, 0.2) is 5.65 Å². The smallest absolute Gasteiger partial charge is 0.274 e. The molecule has 5 heterocycles. The van der Waals surface area contributed by atoms with Crippen LogP contribution >= 0.6 is 11.6 Å². The minimum Gasteiger partial charge on any atom is -0.337 e. The first kappa shape index (κ1) is 18.6. The van der Waals surface area contributed by atoms with Gasteiger partial charge in [-0.3, -0.25) is 4.79 Å². The Kier molecular flexibility index (Phi) is 4.74. The molecule has 0 N–H and O–H groups in total. The van der Waals surface area contributed by atoms with E-state index in [9.17, 15) is 4.79 Å². The topological polar surface area (TPSA) is 63.9 Å². The van der Waals surface area contributed by atoms with Crippen molar-refractivity contribution in [1.29, 1.82) is 0 Å². The second-order valence-corrected chi connectivity index (χ2v) is 8.50. The van der Waals surface area contributed by atoms with Gasteiger partial charge in [0.2, 0.25) is 0 Å². The summed E-state index contributed by atoms with van der Waals surface area (Å²) in [5.74, 6) is 1.40. The average molecular weight is 410 g/mol. The van der Waals surface area contributed by atoms with Gasteiger partial charge in [-0.15, -0.1) is 0 Å². The van der Waals surface area contributed by atoms with Crippen molar-refractivity contribution in [1.82, 2.24) is 24.4 Å². The summed E-state index contributed by atoms with van der Waals surface area (Å²) in [6.07, 6.45) is 6.72.